The minimum atomic E-state index is -0.656. The molecule has 2 rings (SSSR count). The molecule has 0 aromatic heterocycles. The van der Waals surface area contributed by atoms with E-state index in [0.717, 1.165) is 31.7 Å². The summed E-state index contributed by atoms with van der Waals surface area (Å²) in [7, 11) is 0. The molecule has 0 aliphatic heterocycles. The Morgan fingerprint density at radius 1 is 1.40 bits per heavy atom. The zero-order valence-corrected chi connectivity index (χ0v) is 12.2. The van der Waals surface area contributed by atoms with Crippen LogP contribution in [0.2, 0.25) is 0 Å². The molecule has 1 aromatic carbocycles. The van der Waals surface area contributed by atoms with E-state index in [0.29, 0.717) is 18.0 Å². The first-order chi connectivity index (χ1) is 9.39. The van der Waals surface area contributed by atoms with Crippen molar-refractivity contribution < 1.29 is 14.6 Å². The Labute approximate surface area is 119 Å². The number of rotatable bonds is 4. The number of aromatic hydroxyl groups is 1. The van der Waals surface area contributed by atoms with E-state index in [9.17, 15) is 14.6 Å². The molecule has 0 bridgehead atoms. The molecule has 1 aliphatic carbocycles. The highest BCUT2D eigenvalue weighted by Crippen LogP contribution is 2.32. The van der Waals surface area contributed by atoms with Crippen LogP contribution in [0.5, 0.6) is 5.75 Å². The normalized spacial score (nSPS) is 28.3. The highest BCUT2D eigenvalue weighted by atomic mass is 19.1. The van der Waals surface area contributed by atoms with Gasteiger partial charge in [0, 0.05) is 24.2 Å². The van der Waals surface area contributed by atoms with Crippen LogP contribution >= 0.6 is 0 Å². The van der Waals surface area contributed by atoms with Gasteiger partial charge in [0.25, 0.3) is 0 Å². The van der Waals surface area contributed by atoms with Gasteiger partial charge < -0.3 is 15.5 Å². The largest absolute Gasteiger partial charge is 0.508 e. The summed E-state index contributed by atoms with van der Waals surface area (Å²) in [4.78, 5) is 0. The van der Waals surface area contributed by atoms with Crippen molar-refractivity contribution in [2.24, 2.45) is 5.92 Å². The molecule has 1 saturated carbocycles. The molecule has 3 nitrogen and oxygen atoms in total. The fourth-order valence-electron chi connectivity index (χ4n) is 2.81. The van der Waals surface area contributed by atoms with E-state index in [1.807, 2.05) is 6.92 Å². The van der Waals surface area contributed by atoms with E-state index in [1.54, 1.807) is 6.07 Å². The second-order valence-corrected chi connectivity index (χ2v) is 6.21. The minimum absolute atomic E-state index is 0.0470. The molecule has 1 unspecified atom stereocenters. The first kappa shape index (κ1) is 15.3. The second kappa shape index (κ2) is 6.10. The topological polar surface area (TPSA) is 52.5 Å². The van der Waals surface area contributed by atoms with Crippen molar-refractivity contribution in [3.8, 4) is 5.75 Å². The number of phenols is 1. The van der Waals surface area contributed by atoms with Gasteiger partial charge in [-0.25, -0.2) is 4.39 Å². The molecule has 0 heterocycles. The smallest absolute Gasteiger partial charge is 0.126 e. The van der Waals surface area contributed by atoms with Crippen LogP contribution in [0, 0.1) is 11.7 Å². The van der Waals surface area contributed by atoms with Gasteiger partial charge in [-0.1, -0.05) is 13.0 Å². The Morgan fingerprint density at radius 3 is 2.65 bits per heavy atom. The van der Waals surface area contributed by atoms with Crippen LogP contribution in [0.15, 0.2) is 18.2 Å². The lowest BCUT2D eigenvalue weighted by Gasteiger charge is -2.36. The molecule has 3 N–H and O–H groups in total. The lowest BCUT2D eigenvalue weighted by atomic mass is 9.79. The number of phenolic OH excluding ortho intramolecular Hbond substituents is 1. The standard InChI is InChI=1S/C16H24FNO2/c1-11-5-7-16(20,8-6-11)10-18-12(2)14-4-3-13(17)9-15(14)19/h3-4,9,11-12,18-20H,5-8,10H2,1-2H3. The Bertz CT molecular complexity index is 456. The Kier molecular flexibility index (Phi) is 4.66. The summed E-state index contributed by atoms with van der Waals surface area (Å²) in [5, 5.41) is 23.5. The summed E-state index contributed by atoms with van der Waals surface area (Å²) >= 11 is 0. The summed E-state index contributed by atoms with van der Waals surface area (Å²) in [6.45, 7) is 4.62. The third kappa shape index (κ3) is 3.70. The van der Waals surface area contributed by atoms with Crippen molar-refractivity contribution in [2.45, 2.75) is 51.2 Å². The quantitative estimate of drug-likeness (QED) is 0.795. The highest BCUT2D eigenvalue weighted by molar-refractivity contribution is 5.34. The average Bonchev–Trinajstić information content (AvgIpc) is 2.40. The zero-order valence-electron chi connectivity index (χ0n) is 12.2. The van der Waals surface area contributed by atoms with Crippen molar-refractivity contribution in [3.05, 3.63) is 29.6 Å². The monoisotopic (exact) mass is 281 g/mol. The van der Waals surface area contributed by atoms with Gasteiger partial charge in [0.2, 0.25) is 0 Å². The Balaban J connectivity index is 1.93. The van der Waals surface area contributed by atoms with Crippen LogP contribution in [0.25, 0.3) is 0 Å². The third-order valence-electron chi connectivity index (χ3n) is 4.40. The van der Waals surface area contributed by atoms with Crippen LogP contribution < -0.4 is 5.32 Å². The van der Waals surface area contributed by atoms with Crippen LogP contribution in [-0.2, 0) is 0 Å². The number of hydrogen-bond acceptors (Lipinski definition) is 3. The minimum Gasteiger partial charge on any atom is -0.508 e. The number of nitrogens with one attached hydrogen (secondary N) is 1. The summed E-state index contributed by atoms with van der Waals surface area (Å²) in [6, 6.07) is 3.91. The third-order valence-corrected chi connectivity index (χ3v) is 4.40. The number of benzene rings is 1. The molecule has 20 heavy (non-hydrogen) atoms. The number of halogens is 1. The summed E-state index contributed by atoms with van der Waals surface area (Å²) < 4.78 is 13.0. The molecule has 1 atom stereocenters. The fraction of sp³-hybridized carbons (Fsp3) is 0.625. The summed E-state index contributed by atoms with van der Waals surface area (Å²) in [6.07, 6.45) is 3.72. The van der Waals surface area contributed by atoms with Crippen LogP contribution in [-0.4, -0.2) is 22.4 Å². The molecule has 112 valence electrons. The van der Waals surface area contributed by atoms with Gasteiger partial charge in [0.1, 0.15) is 11.6 Å². The molecule has 1 fully saturated rings. The number of aliphatic hydroxyl groups is 1. The van der Waals surface area contributed by atoms with E-state index >= 15 is 0 Å². The maximum atomic E-state index is 13.0. The molecular formula is C16H24FNO2. The van der Waals surface area contributed by atoms with Gasteiger partial charge in [-0.05, 0) is 44.6 Å². The maximum absolute atomic E-state index is 13.0. The van der Waals surface area contributed by atoms with E-state index in [2.05, 4.69) is 12.2 Å². The van der Waals surface area contributed by atoms with Gasteiger partial charge in [0.15, 0.2) is 0 Å². The van der Waals surface area contributed by atoms with E-state index in [4.69, 9.17) is 0 Å². The summed E-state index contributed by atoms with van der Waals surface area (Å²) in [5.41, 5.74) is -0.00431. The zero-order chi connectivity index (χ0) is 14.8. The Morgan fingerprint density at radius 2 is 2.05 bits per heavy atom. The van der Waals surface area contributed by atoms with E-state index in [-0.39, 0.29) is 11.8 Å². The van der Waals surface area contributed by atoms with Crippen molar-refractivity contribution in [2.75, 3.05) is 6.54 Å². The van der Waals surface area contributed by atoms with Crippen LogP contribution in [0.1, 0.15) is 51.1 Å². The molecule has 1 aliphatic rings. The van der Waals surface area contributed by atoms with Crippen molar-refractivity contribution in [1.29, 1.82) is 0 Å². The second-order valence-electron chi connectivity index (χ2n) is 6.21. The van der Waals surface area contributed by atoms with Crippen LogP contribution in [0.3, 0.4) is 0 Å². The molecule has 0 amide bonds. The van der Waals surface area contributed by atoms with Gasteiger partial charge in [-0.3, -0.25) is 0 Å². The lowest BCUT2D eigenvalue weighted by molar-refractivity contribution is -0.00789. The first-order valence-corrected chi connectivity index (χ1v) is 7.34. The maximum Gasteiger partial charge on any atom is 0.126 e. The predicted octanol–water partition coefficient (Wildman–Crippen LogP) is 3.12. The molecule has 0 saturated heterocycles. The van der Waals surface area contributed by atoms with Crippen LogP contribution in [0.4, 0.5) is 4.39 Å². The van der Waals surface area contributed by atoms with Gasteiger partial charge in [-0.2, -0.15) is 0 Å². The molecule has 0 radical (unpaired) electrons. The summed E-state index contributed by atoms with van der Waals surface area (Å²) in [5.74, 6) is 0.196. The van der Waals surface area contributed by atoms with Crippen molar-refractivity contribution in [1.82, 2.24) is 5.32 Å². The molecule has 4 heteroatoms. The number of hydrogen-bond donors (Lipinski definition) is 3. The molecule has 0 spiro atoms. The lowest BCUT2D eigenvalue weighted by Crippen LogP contribution is -2.44. The predicted molar refractivity (Wildman–Crippen MR) is 77.1 cm³/mol. The Hall–Kier alpha value is -1.13. The SMILES string of the molecule is CC1CCC(O)(CNC(C)c2ccc(F)cc2O)CC1. The molecule has 1 aromatic rings. The van der Waals surface area contributed by atoms with E-state index < -0.39 is 11.4 Å². The highest BCUT2D eigenvalue weighted by Gasteiger charge is 2.31. The van der Waals surface area contributed by atoms with Gasteiger partial charge >= 0.3 is 0 Å². The van der Waals surface area contributed by atoms with Crippen molar-refractivity contribution >= 4 is 0 Å². The van der Waals surface area contributed by atoms with Crippen molar-refractivity contribution in [3.63, 3.8) is 0 Å². The first-order valence-electron chi connectivity index (χ1n) is 7.34. The van der Waals surface area contributed by atoms with Gasteiger partial charge in [-0.15, -0.1) is 0 Å². The van der Waals surface area contributed by atoms with Gasteiger partial charge in [0.05, 0.1) is 5.60 Å². The molecular weight excluding hydrogens is 257 g/mol. The van der Waals surface area contributed by atoms with E-state index in [1.165, 1.54) is 6.07 Å². The fourth-order valence-corrected chi connectivity index (χ4v) is 2.81. The average molecular weight is 281 g/mol.